The predicted octanol–water partition coefficient (Wildman–Crippen LogP) is 1.81. The van der Waals surface area contributed by atoms with E-state index in [4.69, 9.17) is 9.47 Å². The number of esters is 1. The smallest absolute Gasteiger partial charge is 0.338 e. The summed E-state index contributed by atoms with van der Waals surface area (Å²) in [6, 6.07) is 3.33. The molecule has 0 atom stereocenters. The Hall–Kier alpha value is -2.57. The molecule has 1 heterocycles. The molecule has 0 saturated carbocycles. The van der Waals surface area contributed by atoms with Gasteiger partial charge in [0.15, 0.2) is 5.60 Å². The summed E-state index contributed by atoms with van der Waals surface area (Å²) in [6.45, 7) is 7.53. The fourth-order valence-electron chi connectivity index (χ4n) is 2.70. The lowest BCUT2D eigenvalue weighted by Gasteiger charge is -2.39. The van der Waals surface area contributed by atoms with E-state index < -0.39 is 11.6 Å². The van der Waals surface area contributed by atoms with E-state index in [0.717, 1.165) is 0 Å². The maximum absolute atomic E-state index is 12.8. The Kier molecular flexibility index (Phi) is 5.35. The maximum atomic E-state index is 12.8. The lowest BCUT2D eigenvalue weighted by molar-refractivity contribution is -0.132. The zero-order chi connectivity index (χ0) is 18.8. The highest BCUT2D eigenvalue weighted by atomic mass is 16.5. The Balaban J connectivity index is 2.40. The first-order valence-corrected chi connectivity index (χ1v) is 8.22. The van der Waals surface area contributed by atoms with Crippen LogP contribution in [0.15, 0.2) is 12.1 Å². The van der Waals surface area contributed by atoms with Gasteiger partial charge in [-0.3, -0.25) is 9.59 Å². The van der Waals surface area contributed by atoms with Gasteiger partial charge in [-0.2, -0.15) is 0 Å². The number of nitrogens with zero attached hydrogens (tertiary/aromatic N) is 1. The lowest BCUT2D eigenvalue weighted by Crippen LogP contribution is -2.54. The van der Waals surface area contributed by atoms with E-state index in [2.05, 4.69) is 5.32 Å². The molecular weight excluding hydrogens is 324 g/mol. The third-order valence-corrected chi connectivity index (χ3v) is 4.11. The van der Waals surface area contributed by atoms with Crippen LogP contribution in [0, 0.1) is 6.92 Å². The van der Waals surface area contributed by atoms with Crippen molar-refractivity contribution in [3.8, 4) is 5.75 Å². The number of fused-ring (bicyclic) bond motifs is 1. The van der Waals surface area contributed by atoms with Crippen LogP contribution >= 0.6 is 0 Å². The summed E-state index contributed by atoms with van der Waals surface area (Å²) >= 11 is 0. The lowest BCUT2D eigenvalue weighted by atomic mass is 10.0. The molecule has 0 bridgehead atoms. The fraction of sp³-hybridized carbons (Fsp3) is 0.500. The number of methoxy groups -OCH3 is 1. The number of amides is 2. The Morgan fingerprint density at radius 2 is 2.00 bits per heavy atom. The average Bonchev–Trinajstić information content (AvgIpc) is 2.56. The standard InChI is InChI=1S/C18H24N2O5/c1-6-15(21)19-7-8-20-13-10-12(16(22)24-5)11(2)9-14(13)25-18(3,4)17(20)23/h9-10H,6-8H2,1-5H3,(H,19,21). The number of anilines is 1. The van der Waals surface area contributed by atoms with Crippen molar-refractivity contribution in [1.82, 2.24) is 5.32 Å². The first-order valence-electron chi connectivity index (χ1n) is 8.22. The molecule has 0 fully saturated rings. The van der Waals surface area contributed by atoms with E-state index in [9.17, 15) is 14.4 Å². The minimum atomic E-state index is -1.03. The van der Waals surface area contributed by atoms with Crippen LogP contribution < -0.4 is 15.0 Å². The Morgan fingerprint density at radius 1 is 1.32 bits per heavy atom. The highest BCUT2D eigenvalue weighted by Crippen LogP contribution is 2.39. The highest BCUT2D eigenvalue weighted by molar-refractivity contribution is 6.04. The van der Waals surface area contributed by atoms with Gasteiger partial charge in [0.2, 0.25) is 5.91 Å². The van der Waals surface area contributed by atoms with Gasteiger partial charge < -0.3 is 19.7 Å². The summed E-state index contributed by atoms with van der Waals surface area (Å²) in [4.78, 5) is 37.7. The van der Waals surface area contributed by atoms with Gasteiger partial charge >= 0.3 is 5.97 Å². The summed E-state index contributed by atoms with van der Waals surface area (Å²) < 4.78 is 10.6. The molecule has 1 aliphatic heterocycles. The van der Waals surface area contributed by atoms with Crippen LogP contribution in [-0.2, 0) is 14.3 Å². The molecule has 7 heteroatoms. The van der Waals surface area contributed by atoms with Crippen molar-refractivity contribution in [3.63, 3.8) is 0 Å². The van der Waals surface area contributed by atoms with Crippen molar-refractivity contribution in [1.29, 1.82) is 0 Å². The third kappa shape index (κ3) is 3.75. The molecule has 1 aromatic rings. The van der Waals surface area contributed by atoms with E-state index in [1.807, 2.05) is 0 Å². The van der Waals surface area contributed by atoms with Crippen LogP contribution in [-0.4, -0.2) is 43.6 Å². The highest BCUT2D eigenvalue weighted by Gasteiger charge is 2.41. The van der Waals surface area contributed by atoms with Gasteiger partial charge in [0.25, 0.3) is 5.91 Å². The minimum absolute atomic E-state index is 0.0839. The van der Waals surface area contributed by atoms with Crippen molar-refractivity contribution in [2.75, 3.05) is 25.1 Å². The number of carbonyl (C=O) groups excluding carboxylic acids is 3. The summed E-state index contributed by atoms with van der Waals surface area (Å²) in [6.07, 6.45) is 0.380. The van der Waals surface area contributed by atoms with E-state index in [0.29, 0.717) is 35.5 Å². The quantitative estimate of drug-likeness (QED) is 0.821. The van der Waals surface area contributed by atoms with Gasteiger partial charge in [0.1, 0.15) is 5.75 Å². The van der Waals surface area contributed by atoms with Crippen molar-refractivity contribution < 1.29 is 23.9 Å². The van der Waals surface area contributed by atoms with Crippen molar-refractivity contribution in [3.05, 3.63) is 23.3 Å². The fourth-order valence-corrected chi connectivity index (χ4v) is 2.70. The van der Waals surface area contributed by atoms with Crippen LogP contribution in [0.5, 0.6) is 5.75 Å². The molecular formula is C18H24N2O5. The number of benzene rings is 1. The molecule has 0 spiro atoms. The van der Waals surface area contributed by atoms with E-state index in [-0.39, 0.29) is 18.4 Å². The van der Waals surface area contributed by atoms with Crippen LogP contribution in [0.2, 0.25) is 0 Å². The minimum Gasteiger partial charge on any atom is -0.476 e. The SMILES string of the molecule is CCC(=O)NCCN1C(=O)C(C)(C)Oc2cc(C)c(C(=O)OC)cc21. The first-order chi connectivity index (χ1) is 11.7. The second-order valence-corrected chi connectivity index (χ2v) is 6.40. The number of ether oxygens (including phenoxy) is 2. The van der Waals surface area contributed by atoms with E-state index >= 15 is 0 Å². The van der Waals surface area contributed by atoms with Crippen LogP contribution in [0.1, 0.15) is 43.1 Å². The summed E-state index contributed by atoms with van der Waals surface area (Å²) in [7, 11) is 1.31. The second kappa shape index (κ2) is 7.13. The van der Waals surface area contributed by atoms with E-state index in [1.54, 1.807) is 44.7 Å². The van der Waals surface area contributed by atoms with Crippen molar-refractivity contribution in [2.45, 2.75) is 39.7 Å². The maximum Gasteiger partial charge on any atom is 0.338 e. The Labute approximate surface area is 147 Å². The molecule has 2 amide bonds. The summed E-state index contributed by atoms with van der Waals surface area (Å²) in [5.74, 6) is -0.266. The van der Waals surface area contributed by atoms with Crippen molar-refractivity contribution >= 4 is 23.5 Å². The third-order valence-electron chi connectivity index (χ3n) is 4.11. The number of carbonyl (C=O) groups is 3. The monoisotopic (exact) mass is 348 g/mol. The molecule has 0 saturated heterocycles. The zero-order valence-electron chi connectivity index (χ0n) is 15.3. The molecule has 136 valence electrons. The Morgan fingerprint density at radius 3 is 2.60 bits per heavy atom. The number of aryl methyl sites for hydroxylation is 1. The summed E-state index contributed by atoms with van der Waals surface area (Å²) in [5, 5.41) is 2.75. The zero-order valence-corrected chi connectivity index (χ0v) is 15.3. The van der Waals surface area contributed by atoms with Crippen LogP contribution in [0.25, 0.3) is 0 Å². The van der Waals surface area contributed by atoms with Crippen LogP contribution in [0.4, 0.5) is 5.69 Å². The van der Waals surface area contributed by atoms with Crippen LogP contribution in [0.3, 0.4) is 0 Å². The first kappa shape index (κ1) is 18.8. The largest absolute Gasteiger partial charge is 0.476 e. The normalized spacial score (nSPS) is 15.2. The molecule has 1 aliphatic rings. The van der Waals surface area contributed by atoms with Gasteiger partial charge in [0, 0.05) is 19.5 Å². The molecule has 2 rings (SSSR count). The topological polar surface area (TPSA) is 84.9 Å². The van der Waals surface area contributed by atoms with Gasteiger partial charge in [-0.05, 0) is 38.5 Å². The molecule has 25 heavy (non-hydrogen) atoms. The van der Waals surface area contributed by atoms with Gasteiger partial charge in [-0.15, -0.1) is 0 Å². The predicted molar refractivity (Wildman–Crippen MR) is 92.9 cm³/mol. The number of hydrogen-bond donors (Lipinski definition) is 1. The Bertz CT molecular complexity index is 712. The molecule has 0 aliphatic carbocycles. The molecule has 0 radical (unpaired) electrons. The number of hydrogen-bond acceptors (Lipinski definition) is 5. The van der Waals surface area contributed by atoms with Gasteiger partial charge in [0.05, 0.1) is 18.4 Å². The van der Waals surface area contributed by atoms with E-state index in [1.165, 1.54) is 7.11 Å². The number of rotatable bonds is 5. The summed E-state index contributed by atoms with van der Waals surface area (Å²) in [5.41, 5.74) is 0.553. The molecule has 1 aromatic carbocycles. The number of nitrogens with one attached hydrogen (secondary N) is 1. The van der Waals surface area contributed by atoms with Crippen molar-refractivity contribution in [2.24, 2.45) is 0 Å². The molecule has 7 nitrogen and oxygen atoms in total. The van der Waals surface area contributed by atoms with Gasteiger partial charge in [-0.1, -0.05) is 6.92 Å². The molecule has 1 N–H and O–H groups in total. The average molecular weight is 348 g/mol. The molecule has 0 unspecified atom stereocenters. The van der Waals surface area contributed by atoms with Gasteiger partial charge in [-0.25, -0.2) is 4.79 Å². The molecule has 0 aromatic heterocycles. The second-order valence-electron chi connectivity index (χ2n) is 6.40.